The number of hydrogen-bond acceptors (Lipinski definition) is 3. The molecule has 9 heteroatoms. The average Bonchev–Trinajstić information content (AvgIpc) is 2.65. The molecule has 2 aromatic carbocycles. The fourth-order valence-corrected chi connectivity index (χ4v) is 2.59. The van der Waals surface area contributed by atoms with E-state index in [9.17, 15) is 22.8 Å². The fourth-order valence-electron chi connectivity index (χ4n) is 2.40. The van der Waals surface area contributed by atoms with Crippen LogP contribution in [0, 0.1) is 0 Å². The summed E-state index contributed by atoms with van der Waals surface area (Å²) < 4.78 is 43.6. The molecule has 0 saturated heterocycles. The Morgan fingerprint density at radius 3 is 2.29 bits per heavy atom. The van der Waals surface area contributed by atoms with E-state index < -0.39 is 29.2 Å². The molecule has 0 aliphatic heterocycles. The fraction of sp³-hybridized carbons (Fsp3) is 0.263. The van der Waals surface area contributed by atoms with Crippen molar-refractivity contribution in [1.29, 1.82) is 0 Å². The largest absolute Gasteiger partial charge is 0.416 e. The molecule has 0 aliphatic carbocycles. The Hall–Kier alpha value is -2.58. The highest BCUT2D eigenvalue weighted by Crippen LogP contribution is 2.30. The predicted molar refractivity (Wildman–Crippen MR) is 98.9 cm³/mol. The number of ether oxygens (including phenoxy) is 1. The standard InChI is InChI=1S/C19H18ClF3N2O3/c1-18(28-2,12-5-3-7-14(20)9-12)11-24-16(26)17(27)25-15-8-4-6-13(10-15)19(21,22)23/h3-10H,11H2,1-2H3,(H,24,26)(H,25,27). The highest BCUT2D eigenvalue weighted by Gasteiger charge is 2.31. The maximum atomic E-state index is 12.7. The van der Waals surface area contributed by atoms with Crippen LogP contribution in [0.3, 0.4) is 0 Å². The average molecular weight is 415 g/mol. The number of carbonyl (C=O) groups is 2. The first-order chi connectivity index (χ1) is 13.0. The first-order valence-electron chi connectivity index (χ1n) is 8.13. The topological polar surface area (TPSA) is 67.4 Å². The van der Waals surface area contributed by atoms with E-state index >= 15 is 0 Å². The monoisotopic (exact) mass is 414 g/mol. The van der Waals surface area contributed by atoms with Gasteiger partial charge in [0.15, 0.2) is 0 Å². The first kappa shape index (κ1) is 21.7. The van der Waals surface area contributed by atoms with Gasteiger partial charge < -0.3 is 15.4 Å². The highest BCUT2D eigenvalue weighted by molar-refractivity contribution is 6.39. The number of nitrogens with one attached hydrogen (secondary N) is 2. The Labute approximate surface area is 164 Å². The summed E-state index contributed by atoms with van der Waals surface area (Å²) in [6, 6.07) is 10.8. The molecule has 0 radical (unpaired) electrons. The van der Waals surface area contributed by atoms with Gasteiger partial charge in [0, 0.05) is 17.8 Å². The quantitative estimate of drug-likeness (QED) is 0.727. The van der Waals surface area contributed by atoms with Crippen molar-refractivity contribution in [3.05, 3.63) is 64.7 Å². The molecule has 150 valence electrons. The minimum atomic E-state index is -4.56. The van der Waals surface area contributed by atoms with Crippen LogP contribution in [0.5, 0.6) is 0 Å². The van der Waals surface area contributed by atoms with E-state index in [0.717, 1.165) is 18.2 Å². The lowest BCUT2D eigenvalue weighted by Crippen LogP contribution is -2.44. The molecule has 5 nitrogen and oxygen atoms in total. The van der Waals surface area contributed by atoms with Gasteiger partial charge in [-0.2, -0.15) is 13.2 Å². The lowest BCUT2D eigenvalue weighted by atomic mass is 9.95. The summed E-state index contributed by atoms with van der Waals surface area (Å²) in [6.45, 7) is 1.64. The summed E-state index contributed by atoms with van der Waals surface area (Å²) in [5, 5.41) is 5.04. The number of benzene rings is 2. The molecule has 0 bridgehead atoms. The number of methoxy groups -OCH3 is 1. The van der Waals surface area contributed by atoms with Gasteiger partial charge >= 0.3 is 18.0 Å². The van der Waals surface area contributed by atoms with Crippen LogP contribution in [0.25, 0.3) is 0 Å². The van der Waals surface area contributed by atoms with Crippen LogP contribution in [0.2, 0.25) is 5.02 Å². The maximum Gasteiger partial charge on any atom is 0.416 e. The summed E-state index contributed by atoms with van der Waals surface area (Å²) in [5.41, 5.74) is -1.35. The van der Waals surface area contributed by atoms with Crippen molar-refractivity contribution in [2.45, 2.75) is 18.7 Å². The number of anilines is 1. The Balaban J connectivity index is 2.03. The number of alkyl halides is 3. The second kappa shape index (κ2) is 8.62. The molecule has 1 atom stereocenters. The van der Waals surface area contributed by atoms with Gasteiger partial charge in [0.25, 0.3) is 0 Å². The Morgan fingerprint density at radius 2 is 1.68 bits per heavy atom. The summed E-state index contributed by atoms with van der Waals surface area (Å²) in [4.78, 5) is 24.1. The molecule has 2 rings (SSSR count). The van der Waals surface area contributed by atoms with Crippen molar-refractivity contribution in [3.8, 4) is 0 Å². The third-order valence-corrected chi connectivity index (χ3v) is 4.36. The molecule has 2 N–H and O–H groups in total. The molecule has 28 heavy (non-hydrogen) atoms. The van der Waals surface area contributed by atoms with Gasteiger partial charge in [0.1, 0.15) is 5.60 Å². The van der Waals surface area contributed by atoms with Gasteiger partial charge in [-0.1, -0.05) is 29.8 Å². The zero-order chi connectivity index (χ0) is 20.9. The van der Waals surface area contributed by atoms with E-state index in [1.54, 1.807) is 31.2 Å². The third-order valence-electron chi connectivity index (χ3n) is 4.13. The zero-order valence-electron chi connectivity index (χ0n) is 15.1. The molecule has 0 heterocycles. The highest BCUT2D eigenvalue weighted by atomic mass is 35.5. The van der Waals surface area contributed by atoms with Crippen molar-refractivity contribution in [2.75, 3.05) is 19.0 Å². The van der Waals surface area contributed by atoms with Crippen LogP contribution in [-0.4, -0.2) is 25.5 Å². The molecular formula is C19H18ClF3N2O3. The second-order valence-corrected chi connectivity index (χ2v) is 6.60. The first-order valence-corrected chi connectivity index (χ1v) is 8.50. The van der Waals surface area contributed by atoms with Gasteiger partial charge in [-0.05, 0) is 42.8 Å². The zero-order valence-corrected chi connectivity index (χ0v) is 15.8. The van der Waals surface area contributed by atoms with E-state index in [2.05, 4.69) is 10.6 Å². The van der Waals surface area contributed by atoms with Crippen LogP contribution >= 0.6 is 11.6 Å². The van der Waals surface area contributed by atoms with Crippen molar-refractivity contribution in [2.24, 2.45) is 0 Å². The van der Waals surface area contributed by atoms with Gasteiger partial charge in [-0.3, -0.25) is 9.59 Å². The second-order valence-electron chi connectivity index (χ2n) is 6.16. The van der Waals surface area contributed by atoms with Crippen LogP contribution < -0.4 is 10.6 Å². The molecule has 2 amide bonds. The van der Waals surface area contributed by atoms with Crippen molar-refractivity contribution in [3.63, 3.8) is 0 Å². The SMILES string of the molecule is COC(C)(CNC(=O)C(=O)Nc1cccc(C(F)(F)F)c1)c1cccc(Cl)c1. The van der Waals surface area contributed by atoms with Gasteiger partial charge in [-0.15, -0.1) is 0 Å². The van der Waals surface area contributed by atoms with E-state index in [4.69, 9.17) is 16.3 Å². The number of amides is 2. The number of rotatable bonds is 5. The Morgan fingerprint density at radius 1 is 1.04 bits per heavy atom. The normalized spacial score (nSPS) is 13.5. The minimum absolute atomic E-state index is 0.0569. The van der Waals surface area contributed by atoms with Gasteiger partial charge in [0.05, 0.1) is 12.1 Å². The summed E-state index contributed by atoms with van der Waals surface area (Å²) >= 11 is 5.97. The van der Waals surface area contributed by atoms with Crippen LogP contribution in [0.4, 0.5) is 18.9 Å². The number of carbonyl (C=O) groups excluding carboxylic acids is 2. The van der Waals surface area contributed by atoms with Gasteiger partial charge in [-0.25, -0.2) is 0 Å². The molecule has 2 aromatic rings. The number of halogens is 4. The molecule has 0 spiro atoms. The summed E-state index contributed by atoms with van der Waals surface area (Å²) in [6.07, 6.45) is -4.56. The Bertz CT molecular complexity index is 873. The van der Waals surface area contributed by atoms with Crippen molar-refractivity contribution >= 4 is 29.1 Å². The molecule has 0 fully saturated rings. The minimum Gasteiger partial charge on any atom is -0.372 e. The third kappa shape index (κ3) is 5.46. The number of hydrogen-bond donors (Lipinski definition) is 2. The summed E-state index contributed by atoms with van der Waals surface area (Å²) in [5.74, 6) is -2.11. The Kier molecular flexibility index (Phi) is 6.69. The molecule has 1 unspecified atom stereocenters. The predicted octanol–water partition coefficient (Wildman–Crippen LogP) is 3.98. The van der Waals surface area contributed by atoms with Gasteiger partial charge in [0.2, 0.25) is 0 Å². The van der Waals surface area contributed by atoms with Crippen LogP contribution in [0.1, 0.15) is 18.1 Å². The maximum absolute atomic E-state index is 12.7. The van der Waals surface area contributed by atoms with Crippen molar-refractivity contribution < 1.29 is 27.5 Å². The lowest BCUT2D eigenvalue weighted by Gasteiger charge is -2.29. The van der Waals surface area contributed by atoms with Crippen LogP contribution in [0.15, 0.2) is 48.5 Å². The molecule has 0 saturated carbocycles. The van der Waals surface area contributed by atoms with Crippen molar-refractivity contribution in [1.82, 2.24) is 5.32 Å². The molecule has 0 aliphatic rings. The smallest absolute Gasteiger partial charge is 0.372 e. The summed E-state index contributed by atoms with van der Waals surface area (Å²) in [7, 11) is 1.44. The van der Waals surface area contributed by atoms with Crippen LogP contribution in [-0.2, 0) is 26.1 Å². The van der Waals surface area contributed by atoms with E-state index in [1.165, 1.54) is 13.2 Å². The van der Waals surface area contributed by atoms with E-state index in [-0.39, 0.29) is 12.2 Å². The lowest BCUT2D eigenvalue weighted by molar-refractivity contribution is -0.137. The van der Waals surface area contributed by atoms with E-state index in [1.807, 2.05) is 0 Å². The van der Waals surface area contributed by atoms with E-state index in [0.29, 0.717) is 10.6 Å². The molecule has 0 aromatic heterocycles. The molecular weight excluding hydrogens is 397 g/mol.